The van der Waals surface area contributed by atoms with Gasteiger partial charge < -0.3 is 9.30 Å². The van der Waals surface area contributed by atoms with Crippen LogP contribution in [0.15, 0.2) is 53.5 Å². The number of aromatic nitrogens is 2. The van der Waals surface area contributed by atoms with Gasteiger partial charge in [-0.2, -0.15) is 0 Å². The Morgan fingerprint density at radius 3 is 2.58 bits per heavy atom. The van der Waals surface area contributed by atoms with Crippen molar-refractivity contribution in [2.45, 2.75) is 19.9 Å². The third-order valence-electron chi connectivity index (χ3n) is 4.21. The van der Waals surface area contributed by atoms with Crippen molar-refractivity contribution in [2.24, 2.45) is 0 Å². The van der Waals surface area contributed by atoms with Crippen LogP contribution >= 0.6 is 0 Å². The Kier molecular flexibility index (Phi) is 4.16. The third kappa shape index (κ3) is 2.69. The molecule has 0 aliphatic heterocycles. The van der Waals surface area contributed by atoms with Crippen molar-refractivity contribution >= 4 is 16.9 Å². The van der Waals surface area contributed by atoms with Crippen molar-refractivity contribution in [3.05, 3.63) is 75.8 Å². The van der Waals surface area contributed by atoms with Crippen molar-refractivity contribution in [3.8, 4) is 0 Å². The van der Waals surface area contributed by atoms with Gasteiger partial charge in [-0.25, -0.2) is 4.79 Å². The zero-order valence-electron chi connectivity index (χ0n) is 13.8. The number of esters is 1. The lowest BCUT2D eigenvalue weighted by atomic mass is 10.1. The molecule has 0 bridgehead atoms. The molecule has 3 rings (SSSR count). The maximum atomic E-state index is 12.9. The standard InChI is InChI=1S/C19H18N2O3/c1-12-15(19(23)24-3)11-16-17(20-12)9-10-21(18(16)22)13(2)14-7-5-4-6-8-14/h4-11,13H,1-3H3/t13-/m0/s1. The van der Waals surface area contributed by atoms with Crippen molar-refractivity contribution in [2.75, 3.05) is 7.11 Å². The Hall–Kier alpha value is -2.95. The molecular formula is C19H18N2O3. The van der Waals surface area contributed by atoms with Crippen LogP contribution in [0.3, 0.4) is 0 Å². The second-order valence-electron chi connectivity index (χ2n) is 5.66. The summed E-state index contributed by atoms with van der Waals surface area (Å²) in [7, 11) is 1.31. The lowest BCUT2D eigenvalue weighted by Gasteiger charge is -2.16. The molecule has 5 heteroatoms. The van der Waals surface area contributed by atoms with Gasteiger partial charge in [-0.3, -0.25) is 9.78 Å². The molecule has 1 aromatic carbocycles. The quantitative estimate of drug-likeness (QED) is 0.695. The fourth-order valence-corrected chi connectivity index (χ4v) is 2.79. The highest BCUT2D eigenvalue weighted by Crippen LogP contribution is 2.19. The number of hydrogen-bond donors (Lipinski definition) is 0. The highest BCUT2D eigenvalue weighted by atomic mass is 16.5. The van der Waals surface area contributed by atoms with Gasteiger partial charge >= 0.3 is 5.97 Å². The van der Waals surface area contributed by atoms with Crippen LogP contribution in [-0.4, -0.2) is 22.6 Å². The summed E-state index contributed by atoms with van der Waals surface area (Å²) in [5.74, 6) is -0.493. The smallest absolute Gasteiger partial charge is 0.339 e. The molecule has 0 N–H and O–H groups in total. The van der Waals surface area contributed by atoms with Crippen LogP contribution in [0.2, 0.25) is 0 Å². The van der Waals surface area contributed by atoms with Crippen molar-refractivity contribution in [3.63, 3.8) is 0 Å². The maximum absolute atomic E-state index is 12.9. The predicted molar refractivity (Wildman–Crippen MR) is 92.3 cm³/mol. The average molecular weight is 322 g/mol. The van der Waals surface area contributed by atoms with Crippen LogP contribution in [0.25, 0.3) is 10.9 Å². The van der Waals surface area contributed by atoms with Crippen LogP contribution in [0.4, 0.5) is 0 Å². The van der Waals surface area contributed by atoms with E-state index in [9.17, 15) is 9.59 Å². The number of carbonyl (C=O) groups is 1. The number of methoxy groups -OCH3 is 1. The number of pyridine rings is 2. The Bertz CT molecular complexity index is 962. The molecule has 2 aromatic heterocycles. The van der Waals surface area contributed by atoms with Crippen LogP contribution in [0, 0.1) is 6.92 Å². The first-order valence-electron chi connectivity index (χ1n) is 7.68. The summed E-state index contributed by atoms with van der Waals surface area (Å²) >= 11 is 0. The van der Waals surface area contributed by atoms with E-state index in [4.69, 9.17) is 4.74 Å². The molecule has 0 saturated heterocycles. The van der Waals surface area contributed by atoms with Gasteiger partial charge in [0.05, 0.1) is 35.3 Å². The van der Waals surface area contributed by atoms with Gasteiger partial charge in [0.15, 0.2) is 0 Å². The van der Waals surface area contributed by atoms with Gasteiger partial charge in [0.25, 0.3) is 5.56 Å². The van der Waals surface area contributed by atoms with Crippen LogP contribution in [0.5, 0.6) is 0 Å². The summed E-state index contributed by atoms with van der Waals surface area (Å²) in [6.45, 7) is 3.69. The molecule has 0 aliphatic carbocycles. The number of nitrogens with zero attached hydrogens (tertiary/aromatic N) is 2. The number of hydrogen-bond acceptors (Lipinski definition) is 4. The molecule has 0 radical (unpaired) electrons. The van der Waals surface area contributed by atoms with Gasteiger partial charge in [0.2, 0.25) is 0 Å². The molecule has 24 heavy (non-hydrogen) atoms. The zero-order chi connectivity index (χ0) is 17.3. The molecule has 0 spiro atoms. The van der Waals surface area contributed by atoms with Crippen molar-refractivity contribution in [1.82, 2.24) is 9.55 Å². The van der Waals surface area contributed by atoms with E-state index in [1.807, 2.05) is 37.3 Å². The van der Waals surface area contributed by atoms with Gasteiger partial charge in [0, 0.05) is 6.20 Å². The number of benzene rings is 1. The second-order valence-corrected chi connectivity index (χ2v) is 5.66. The predicted octanol–water partition coefficient (Wildman–Crippen LogP) is 3.10. The molecule has 0 aliphatic rings. The van der Waals surface area contributed by atoms with Crippen molar-refractivity contribution < 1.29 is 9.53 Å². The summed E-state index contributed by atoms with van der Waals surface area (Å²) in [6, 6.07) is 13.0. The molecule has 3 aromatic rings. The summed E-state index contributed by atoms with van der Waals surface area (Å²) in [5, 5.41) is 0.409. The lowest BCUT2D eigenvalue weighted by Crippen LogP contribution is -2.24. The highest BCUT2D eigenvalue weighted by Gasteiger charge is 2.16. The first kappa shape index (κ1) is 15.9. The molecule has 0 amide bonds. The Balaban J connectivity index is 2.18. The minimum Gasteiger partial charge on any atom is -0.465 e. The maximum Gasteiger partial charge on any atom is 0.339 e. The van der Waals surface area contributed by atoms with E-state index >= 15 is 0 Å². The van der Waals surface area contributed by atoms with Gasteiger partial charge in [-0.1, -0.05) is 30.3 Å². The van der Waals surface area contributed by atoms with E-state index in [2.05, 4.69) is 4.98 Å². The van der Waals surface area contributed by atoms with Gasteiger partial charge in [-0.15, -0.1) is 0 Å². The van der Waals surface area contributed by atoms with E-state index in [1.165, 1.54) is 7.11 Å². The second kappa shape index (κ2) is 6.28. The van der Waals surface area contributed by atoms with Crippen molar-refractivity contribution in [1.29, 1.82) is 0 Å². The molecular weight excluding hydrogens is 304 g/mol. The van der Waals surface area contributed by atoms with E-state index in [0.717, 1.165) is 5.56 Å². The highest BCUT2D eigenvalue weighted by molar-refractivity contribution is 5.94. The minimum absolute atomic E-state index is 0.119. The topological polar surface area (TPSA) is 61.2 Å². The fraction of sp³-hybridized carbons (Fsp3) is 0.211. The minimum atomic E-state index is -0.493. The fourth-order valence-electron chi connectivity index (χ4n) is 2.79. The SMILES string of the molecule is COC(=O)c1cc2c(=O)n([C@@H](C)c3ccccc3)ccc2nc1C. The third-order valence-corrected chi connectivity index (χ3v) is 4.21. The first-order chi connectivity index (χ1) is 11.5. The summed E-state index contributed by atoms with van der Waals surface area (Å²) in [5.41, 5.74) is 2.28. The van der Waals surface area contributed by atoms with E-state index in [1.54, 1.807) is 29.8 Å². The summed E-state index contributed by atoms with van der Waals surface area (Å²) in [4.78, 5) is 29.1. The van der Waals surface area contributed by atoms with E-state index in [-0.39, 0.29) is 11.6 Å². The van der Waals surface area contributed by atoms with Crippen LogP contribution in [0.1, 0.15) is 34.6 Å². The Morgan fingerprint density at radius 2 is 1.92 bits per heavy atom. The van der Waals surface area contributed by atoms with Gasteiger partial charge in [0.1, 0.15) is 0 Å². The molecule has 5 nitrogen and oxygen atoms in total. The zero-order valence-corrected chi connectivity index (χ0v) is 13.8. The Morgan fingerprint density at radius 1 is 1.21 bits per heavy atom. The van der Waals surface area contributed by atoms with Crippen LogP contribution < -0.4 is 5.56 Å². The van der Waals surface area contributed by atoms with Gasteiger partial charge in [-0.05, 0) is 31.5 Å². The molecule has 122 valence electrons. The molecule has 0 fully saturated rings. The normalized spacial score (nSPS) is 12.1. The number of rotatable bonds is 3. The number of ether oxygens (including phenoxy) is 1. The number of carbonyl (C=O) groups excluding carboxylic acids is 1. The van der Waals surface area contributed by atoms with E-state index in [0.29, 0.717) is 22.2 Å². The average Bonchev–Trinajstić information content (AvgIpc) is 2.61. The molecule has 2 heterocycles. The number of aryl methyl sites for hydroxylation is 1. The summed E-state index contributed by atoms with van der Waals surface area (Å²) in [6.07, 6.45) is 1.74. The molecule has 1 atom stereocenters. The van der Waals surface area contributed by atoms with Crippen LogP contribution in [-0.2, 0) is 4.74 Å². The monoisotopic (exact) mass is 322 g/mol. The molecule has 0 unspecified atom stereocenters. The summed E-state index contributed by atoms with van der Waals surface area (Å²) < 4.78 is 6.41. The van der Waals surface area contributed by atoms with E-state index < -0.39 is 5.97 Å². The lowest BCUT2D eigenvalue weighted by molar-refractivity contribution is 0.0599. The first-order valence-corrected chi connectivity index (χ1v) is 7.68. The Labute approximate surface area is 139 Å². The largest absolute Gasteiger partial charge is 0.465 e. The number of fused-ring (bicyclic) bond motifs is 1. The molecule has 0 saturated carbocycles.